The number of nitrogens with zero attached hydrogens (tertiary/aromatic N) is 2. The fourth-order valence-electron chi connectivity index (χ4n) is 2.82. The van der Waals surface area contributed by atoms with Gasteiger partial charge in [-0.05, 0) is 17.9 Å². The Bertz CT molecular complexity index is 438. The number of rotatable bonds is 4. The molecule has 2 aliphatic rings. The fourth-order valence-corrected chi connectivity index (χ4v) is 3.57. The van der Waals surface area contributed by atoms with Crippen LogP contribution in [0.1, 0.15) is 11.3 Å². The van der Waals surface area contributed by atoms with Crippen LogP contribution in [0.25, 0.3) is 0 Å². The van der Waals surface area contributed by atoms with Crippen molar-refractivity contribution < 1.29 is 9.53 Å². The van der Waals surface area contributed by atoms with Crippen LogP contribution in [0.5, 0.6) is 0 Å². The van der Waals surface area contributed by atoms with E-state index in [1.165, 1.54) is 4.88 Å². The number of ether oxygens (including phenoxy) is 1. The molecule has 21 heavy (non-hydrogen) atoms. The van der Waals surface area contributed by atoms with Crippen LogP contribution in [0.4, 0.5) is 4.79 Å². The largest absolute Gasteiger partial charge is 0.381 e. The van der Waals surface area contributed by atoms with E-state index in [9.17, 15) is 4.79 Å². The normalized spacial score (nSPS) is 23.4. The van der Waals surface area contributed by atoms with Crippen molar-refractivity contribution in [2.75, 3.05) is 45.9 Å². The first-order valence-electron chi connectivity index (χ1n) is 7.66. The second-order valence-electron chi connectivity index (χ2n) is 5.76. The lowest BCUT2D eigenvalue weighted by molar-refractivity contribution is 0.134. The van der Waals surface area contributed by atoms with Gasteiger partial charge < -0.3 is 15.0 Å². The summed E-state index contributed by atoms with van der Waals surface area (Å²) in [6.45, 7) is 6.92. The van der Waals surface area contributed by atoms with E-state index >= 15 is 0 Å². The van der Waals surface area contributed by atoms with Crippen molar-refractivity contribution in [2.24, 2.45) is 5.92 Å². The van der Waals surface area contributed by atoms with Gasteiger partial charge in [0.05, 0.1) is 6.61 Å². The van der Waals surface area contributed by atoms with Gasteiger partial charge in [-0.25, -0.2) is 4.79 Å². The van der Waals surface area contributed by atoms with E-state index in [0.717, 1.165) is 58.9 Å². The summed E-state index contributed by atoms with van der Waals surface area (Å²) < 4.78 is 5.33. The number of hydrogen-bond donors (Lipinski definition) is 1. The van der Waals surface area contributed by atoms with Gasteiger partial charge in [-0.2, -0.15) is 0 Å². The Morgan fingerprint density at radius 1 is 1.38 bits per heavy atom. The van der Waals surface area contributed by atoms with Crippen molar-refractivity contribution in [1.29, 1.82) is 0 Å². The average Bonchev–Trinajstić information content (AvgIpc) is 3.19. The zero-order chi connectivity index (χ0) is 14.5. The molecule has 3 heterocycles. The zero-order valence-electron chi connectivity index (χ0n) is 12.3. The number of carbonyl (C=O) groups is 1. The third kappa shape index (κ3) is 4.18. The van der Waals surface area contributed by atoms with E-state index in [-0.39, 0.29) is 6.03 Å². The second kappa shape index (κ2) is 7.24. The lowest BCUT2D eigenvalue weighted by Crippen LogP contribution is -2.52. The van der Waals surface area contributed by atoms with Gasteiger partial charge in [0.25, 0.3) is 0 Å². The van der Waals surface area contributed by atoms with E-state index in [4.69, 9.17) is 4.74 Å². The van der Waals surface area contributed by atoms with Gasteiger partial charge in [-0.1, -0.05) is 6.07 Å². The lowest BCUT2D eigenvalue weighted by Gasteiger charge is -2.34. The van der Waals surface area contributed by atoms with Crippen LogP contribution in [0.3, 0.4) is 0 Å². The van der Waals surface area contributed by atoms with E-state index in [0.29, 0.717) is 5.92 Å². The number of piperazine rings is 1. The van der Waals surface area contributed by atoms with Crippen LogP contribution in [0.2, 0.25) is 0 Å². The second-order valence-corrected chi connectivity index (χ2v) is 6.79. The fraction of sp³-hybridized carbons (Fsp3) is 0.667. The lowest BCUT2D eigenvalue weighted by atomic mass is 10.1. The molecule has 1 N–H and O–H groups in total. The van der Waals surface area contributed by atoms with Crippen LogP contribution in [-0.4, -0.2) is 61.8 Å². The Kier molecular flexibility index (Phi) is 5.11. The number of urea groups is 1. The van der Waals surface area contributed by atoms with Crippen molar-refractivity contribution in [3.63, 3.8) is 0 Å². The number of amides is 2. The SMILES string of the molecule is O=C(NC[C@H]1CCOC1)N1CCN(Cc2cccs2)CC1. The Morgan fingerprint density at radius 2 is 2.24 bits per heavy atom. The minimum atomic E-state index is 0.0812. The Morgan fingerprint density at radius 3 is 2.90 bits per heavy atom. The summed E-state index contributed by atoms with van der Waals surface area (Å²) >= 11 is 1.80. The third-order valence-corrected chi connectivity index (χ3v) is 5.05. The van der Waals surface area contributed by atoms with Crippen molar-refractivity contribution in [1.82, 2.24) is 15.1 Å². The highest BCUT2D eigenvalue weighted by Crippen LogP contribution is 2.14. The smallest absolute Gasteiger partial charge is 0.317 e. The standard InChI is InChI=1S/C15H23N3O2S/c19-15(16-10-13-3-8-20-12-13)18-6-4-17(5-7-18)11-14-2-1-9-21-14/h1-2,9,13H,3-8,10-12H2,(H,16,19)/t13-/m1/s1. The summed E-state index contributed by atoms with van der Waals surface area (Å²) in [5.41, 5.74) is 0. The molecule has 0 unspecified atom stereocenters. The third-order valence-electron chi connectivity index (χ3n) is 4.19. The molecule has 0 saturated carbocycles. The summed E-state index contributed by atoms with van der Waals surface area (Å²) in [7, 11) is 0. The highest BCUT2D eigenvalue weighted by Gasteiger charge is 2.22. The molecule has 0 spiro atoms. The van der Waals surface area contributed by atoms with Crippen molar-refractivity contribution in [3.05, 3.63) is 22.4 Å². The molecule has 0 aliphatic carbocycles. The molecule has 5 nitrogen and oxygen atoms in total. The molecule has 2 aliphatic heterocycles. The molecule has 2 saturated heterocycles. The Hall–Kier alpha value is -1.11. The molecule has 1 aromatic rings. The molecule has 0 aromatic carbocycles. The van der Waals surface area contributed by atoms with Gasteiger partial charge in [0, 0.05) is 56.7 Å². The number of carbonyl (C=O) groups excluding carboxylic acids is 1. The van der Waals surface area contributed by atoms with Crippen molar-refractivity contribution >= 4 is 17.4 Å². The molecule has 3 rings (SSSR count). The Balaban J connectivity index is 1.37. The maximum absolute atomic E-state index is 12.1. The first-order valence-corrected chi connectivity index (χ1v) is 8.54. The van der Waals surface area contributed by atoms with Crippen LogP contribution in [-0.2, 0) is 11.3 Å². The molecule has 1 atom stereocenters. The molecular formula is C15H23N3O2S. The predicted octanol–water partition coefficient (Wildman–Crippen LogP) is 1.61. The maximum atomic E-state index is 12.1. The summed E-state index contributed by atoms with van der Waals surface area (Å²) in [6, 6.07) is 4.35. The first-order chi connectivity index (χ1) is 10.3. The summed E-state index contributed by atoms with van der Waals surface area (Å²) in [5.74, 6) is 0.495. The maximum Gasteiger partial charge on any atom is 0.317 e. The van der Waals surface area contributed by atoms with Crippen LogP contribution in [0.15, 0.2) is 17.5 Å². The topological polar surface area (TPSA) is 44.8 Å². The van der Waals surface area contributed by atoms with Crippen LogP contribution >= 0.6 is 11.3 Å². The molecule has 116 valence electrons. The minimum Gasteiger partial charge on any atom is -0.381 e. The van der Waals surface area contributed by atoms with Gasteiger partial charge in [0.2, 0.25) is 0 Å². The summed E-state index contributed by atoms with van der Waals surface area (Å²) in [6.07, 6.45) is 1.06. The van der Waals surface area contributed by atoms with Crippen LogP contribution < -0.4 is 5.32 Å². The average molecular weight is 309 g/mol. The van der Waals surface area contributed by atoms with E-state index in [2.05, 4.69) is 27.7 Å². The van der Waals surface area contributed by atoms with Gasteiger partial charge >= 0.3 is 6.03 Å². The molecule has 0 radical (unpaired) electrons. The quantitative estimate of drug-likeness (QED) is 0.919. The number of nitrogens with one attached hydrogen (secondary N) is 1. The highest BCUT2D eigenvalue weighted by atomic mass is 32.1. The molecule has 1 aromatic heterocycles. The minimum absolute atomic E-state index is 0.0812. The van der Waals surface area contributed by atoms with Gasteiger partial charge in [-0.15, -0.1) is 11.3 Å². The molecular weight excluding hydrogens is 286 g/mol. The van der Waals surface area contributed by atoms with Gasteiger partial charge in [0.1, 0.15) is 0 Å². The first kappa shape index (κ1) is 14.8. The van der Waals surface area contributed by atoms with E-state index in [1.54, 1.807) is 11.3 Å². The highest BCUT2D eigenvalue weighted by molar-refractivity contribution is 7.09. The van der Waals surface area contributed by atoms with Crippen LogP contribution in [0, 0.1) is 5.92 Å². The number of thiophene rings is 1. The predicted molar refractivity (Wildman–Crippen MR) is 83.5 cm³/mol. The van der Waals surface area contributed by atoms with Gasteiger partial charge in [-0.3, -0.25) is 4.90 Å². The summed E-state index contributed by atoms with van der Waals surface area (Å²) in [5, 5.41) is 5.16. The van der Waals surface area contributed by atoms with Gasteiger partial charge in [0.15, 0.2) is 0 Å². The molecule has 2 amide bonds. The van der Waals surface area contributed by atoms with E-state index in [1.807, 2.05) is 4.90 Å². The number of hydrogen-bond acceptors (Lipinski definition) is 4. The summed E-state index contributed by atoms with van der Waals surface area (Å²) in [4.78, 5) is 17.9. The molecule has 6 heteroatoms. The van der Waals surface area contributed by atoms with Crippen molar-refractivity contribution in [3.8, 4) is 0 Å². The molecule has 0 bridgehead atoms. The monoisotopic (exact) mass is 309 g/mol. The molecule has 2 fully saturated rings. The zero-order valence-corrected chi connectivity index (χ0v) is 13.1. The van der Waals surface area contributed by atoms with E-state index < -0.39 is 0 Å². The van der Waals surface area contributed by atoms with Crippen molar-refractivity contribution in [2.45, 2.75) is 13.0 Å². The Labute approximate surface area is 129 Å².